The number of rotatable bonds is 15. The van der Waals surface area contributed by atoms with Crippen molar-refractivity contribution in [3.8, 4) is 0 Å². The van der Waals surface area contributed by atoms with Gasteiger partial charge in [-0.1, -0.05) is 101 Å². The zero-order valence-corrected chi connectivity index (χ0v) is 42.0. The van der Waals surface area contributed by atoms with E-state index >= 15 is 9.59 Å². The summed E-state index contributed by atoms with van der Waals surface area (Å²) in [4.78, 5) is 100. The van der Waals surface area contributed by atoms with Crippen LogP contribution in [0, 0.1) is 16.7 Å². The first kappa shape index (κ1) is 52.0. The predicted octanol–water partition coefficient (Wildman–Crippen LogP) is 5.94. The number of amides is 1. The number of carbonyl (C=O) groups is 7. The third kappa shape index (κ3) is 8.73. The maximum absolute atomic E-state index is 15.8. The van der Waals surface area contributed by atoms with Crippen molar-refractivity contribution < 1.29 is 71.9 Å². The molecule has 2 bridgehead atoms. The van der Waals surface area contributed by atoms with Crippen LogP contribution in [0.5, 0.6) is 0 Å². The van der Waals surface area contributed by atoms with Gasteiger partial charge in [0, 0.05) is 31.2 Å². The fraction of sp³-hybridized carbons (Fsp3) is 0.491. The molecule has 3 aromatic rings. The molecule has 17 heteroatoms. The quantitative estimate of drug-likeness (QED) is 0.0693. The Morgan fingerprint density at radius 1 is 0.800 bits per heavy atom. The van der Waals surface area contributed by atoms with Crippen LogP contribution < -0.4 is 5.32 Å². The van der Waals surface area contributed by atoms with Crippen molar-refractivity contribution >= 4 is 49.7 Å². The van der Waals surface area contributed by atoms with E-state index in [2.05, 4.69) is 5.32 Å². The molecule has 1 aliphatic heterocycles. The molecule has 3 N–H and O–H groups in total. The van der Waals surface area contributed by atoms with Crippen LogP contribution in [-0.4, -0.2) is 114 Å². The fourth-order valence-electron chi connectivity index (χ4n) is 11.5. The number of hydrogen-bond donors (Lipinski definition) is 3. The highest BCUT2D eigenvalue weighted by molar-refractivity contribution is 6.73. The van der Waals surface area contributed by atoms with Crippen LogP contribution in [0.1, 0.15) is 101 Å². The molecule has 0 aromatic heterocycles. The van der Waals surface area contributed by atoms with E-state index in [1.165, 1.54) is 19.1 Å². The van der Waals surface area contributed by atoms with Crippen LogP contribution in [0.15, 0.2) is 102 Å². The summed E-state index contributed by atoms with van der Waals surface area (Å²) < 4.78 is 37.7. The van der Waals surface area contributed by atoms with E-state index in [0.717, 1.165) is 13.8 Å². The van der Waals surface area contributed by atoms with Crippen molar-refractivity contribution in [3.63, 3.8) is 0 Å². The van der Waals surface area contributed by atoms with Crippen molar-refractivity contribution in [2.75, 3.05) is 6.61 Å². The van der Waals surface area contributed by atoms with E-state index in [1.807, 2.05) is 20.8 Å². The van der Waals surface area contributed by atoms with Crippen LogP contribution >= 0.6 is 0 Å². The van der Waals surface area contributed by atoms with Gasteiger partial charge in [-0.05, 0) is 73.0 Å². The number of Topliss-reactive ketones (excluding diaryl/α,β-unsaturated/α-hetero) is 2. The number of fused-ring (bicyclic) bond motifs is 5. The number of benzene rings is 3. The molecule has 374 valence electrons. The second-order valence-electron chi connectivity index (χ2n) is 19.6. The lowest BCUT2D eigenvalue weighted by Gasteiger charge is -2.66. The Hall–Kier alpha value is -5.85. The van der Waals surface area contributed by atoms with Gasteiger partial charge in [0.1, 0.15) is 23.9 Å². The lowest BCUT2D eigenvalue weighted by atomic mass is 9.44. The largest absolute Gasteiger partial charge is 0.456 e. The molecule has 2 saturated carbocycles. The van der Waals surface area contributed by atoms with Crippen LogP contribution in [-0.2, 0) is 52.1 Å². The summed E-state index contributed by atoms with van der Waals surface area (Å²) in [5, 5.41) is 29.2. The van der Waals surface area contributed by atoms with Crippen LogP contribution in [0.25, 0.3) is 0 Å². The average molecular weight is 982 g/mol. The molecular formula is C53H63NO15Si. The predicted molar refractivity (Wildman–Crippen MR) is 254 cm³/mol. The number of esters is 4. The third-order valence-electron chi connectivity index (χ3n) is 15.6. The van der Waals surface area contributed by atoms with Gasteiger partial charge in [0.05, 0.1) is 29.5 Å². The Bertz CT molecular complexity index is 2540. The lowest BCUT2D eigenvalue weighted by Crippen LogP contribution is -2.84. The summed E-state index contributed by atoms with van der Waals surface area (Å²) >= 11 is 0. The standard InChI is InChI=1S/C53H63NO15Si/c1-10-70(11-2,12-3)69-41(38(33-22-16-13-17-23-33)54-47(60)34-24-18-14-19-25-34)49(62)66-36-28-53(63)46(67-48(61)35-26-20-15-21-27-35)42-51(9,43(58)39(57)45-52(42,29-64-45)68-32(6)56)44(59)40(65-31(5)55)37(30(36)4)50(53,7)8/h13-27,36,38,40-43,45-46,58,63H,10-12,28-29H2,1-9H3,(H,54,60)/t36-,38-,40+,41+,42?,43-,45+,46-,51-,52+,53+/m0/s1. The molecular weight excluding hydrogens is 919 g/mol. The molecule has 70 heavy (non-hydrogen) atoms. The van der Waals surface area contributed by atoms with E-state index < -0.39 is 133 Å². The van der Waals surface area contributed by atoms with Crippen molar-refractivity contribution in [2.24, 2.45) is 16.7 Å². The summed E-state index contributed by atoms with van der Waals surface area (Å²) in [5.74, 6) is -8.13. The van der Waals surface area contributed by atoms with E-state index in [-0.39, 0.29) is 16.7 Å². The molecule has 16 nitrogen and oxygen atoms in total. The maximum Gasteiger partial charge on any atom is 0.338 e. The van der Waals surface area contributed by atoms with Gasteiger partial charge in [-0.25, -0.2) is 9.59 Å². The fourth-order valence-corrected chi connectivity index (χ4v) is 14.2. The van der Waals surface area contributed by atoms with Gasteiger partial charge in [-0.3, -0.25) is 24.0 Å². The molecule has 4 aliphatic rings. The average Bonchev–Trinajstić information content (AvgIpc) is 3.33. The zero-order chi connectivity index (χ0) is 51.1. The van der Waals surface area contributed by atoms with Crippen LogP contribution in [0.4, 0.5) is 0 Å². The highest BCUT2D eigenvalue weighted by Crippen LogP contribution is 2.64. The summed E-state index contributed by atoms with van der Waals surface area (Å²) in [5.41, 5.74) is -7.79. The Morgan fingerprint density at radius 2 is 1.36 bits per heavy atom. The van der Waals surface area contributed by atoms with E-state index in [1.54, 1.807) is 99.6 Å². The summed E-state index contributed by atoms with van der Waals surface area (Å²) in [6.45, 7) is 13.4. The SMILES string of the molecule is CC[Si](CC)(CC)O[C@@H](C(=O)O[C@H]1C[C@@]2(O)[C@@H](OC(=O)c3ccccc3)C3[C@](C)(C(=O)[C@H](OC(C)=O)C(=C1C)C2(C)C)[C@@H](O)C(=O)[C@H]1OC[C@@]31OC(C)=O)[C@@H](NC(=O)c1ccccc1)c1ccccc1. The topological polar surface area (TPSA) is 227 Å². The molecule has 1 amide bonds. The number of nitrogens with one attached hydrogen (secondary N) is 1. The molecule has 3 fully saturated rings. The molecule has 1 heterocycles. The molecule has 3 aliphatic carbocycles. The lowest BCUT2D eigenvalue weighted by molar-refractivity contribution is -0.327. The van der Waals surface area contributed by atoms with Gasteiger partial charge in [0.25, 0.3) is 5.91 Å². The third-order valence-corrected chi connectivity index (χ3v) is 20.2. The highest BCUT2D eigenvalue weighted by Gasteiger charge is 2.80. The first-order chi connectivity index (χ1) is 33.1. The van der Waals surface area contributed by atoms with Gasteiger partial charge in [-0.2, -0.15) is 0 Å². The summed E-state index contributed by atoms with van der Waals surface area (Å²) in [6.07, 6.45) is -11.4. The number of aliphatic hydroxyl groups is 2. The molecule has 1 saturated heterocycles. The van der Waals surface area contributed by atoms with Crippen LogP contribution in [0.2, 0.25) is 18.1 Å². The minimum atomic E-state index is -2.77. The molecule has 3 aromatic carbocycles. The number of hydrogen-bond acceptors (Lipinski definition) is 15. The monoisotopic (exact) mass is 981 g/mol. The first-order valence-electron chi connectivity index (χ1n) is 23.8. The van der Waals surface area contributed by atoms with Gasteiger partial charge >= 0.3 is 23.9 Å². The van der Waals surface area contributed by atoms with E-state index in [4.69, 9.17) is 28.1 Å². The molecule has 0 spiro atoms. The van der Waals surface area contributed by atoms with Crippen molar-refractivity contribution in [1.82, 2.24) is 5.32 Å². The van der Waals surface area contributed by atoms with Gasteiger partial charge in [0.15, 0.2) is 43.8 Å². The minimum absolute atomic E-state index is 0.0258. The molecule has 11 atom stereocenters. The van der Waals surface area contributed by atoms with Crippen molar-refractivity contribution in [3.05, 3.63) is 119 Å². The van der Waals surface area contributed by atoms with Crippen molar-refractivity contribution in [1.29, 1.82) is 0 Å². The Labute approximate surface area is 408 Å². The first-order valence-corrected chi connectivity index (χ1v) is 26.3. The molecule has 1 unspecified atom stereocenters. The number of ether oxygens (including phenoxy) is 5. The Balaban J connectivity index is 1.46. The summed E-state index contributed by atoms with van der Waals surface area (Å²) in [7, 11) is -2.77. The second-order valence-corrected chi connectivity index (χ2v) is 24.4. The zero-order valence-electron chi connectivity index (χ0n) is 41.0. The van der Waals surface area contributed by atoms with Gasteiger partial charge in [0.2, 0.25) is 0 Å². The number of aliphatic hydroxyl groups excluding tert-OH is 1. The normalized spacial score (nSPS) is 29.9. The Morgan fingerprint density at radius 3 is 1.87 bits per heavy atom. The Kier molecular flexibility index (Phi) is 14.7. The van der Waals surface area contributed by atoms with E-state index in [0.29, 0.717) is 29.3 Å². The highest BCUT2D eigenvalue weighted by atomic mass is 28.4. The van der Waals surface area contributed by atoms with Gasteiger partial charge in [-0.15, -0.1) is 0 Å². The summed E-state index contributed by atoms with van der Waals surface area (Å²) in [6, 6.07) is 25.7. The van der Waals surface area contributed by atoms with Crippen LogP contribution in [0.3, 0.4) is 0 Å². The molecule has 7 rings (SSSR count). The van der Waals surface area contributed by atoms with E-state index in [9.17, 15) is 34.2 Å². The minimum Gasteiger partial charge on any atom is -0.456 e. The smallest absolute Gasteiger partial charge is 0.338 e. The second kappa shape index (κ2) is 19.7. The van der Waals surface area contributed by atoms with Gasteiger partial charge < -0.3 is 43.6 Å². The number of ketones is 2. The number of carbonyl (C=O) groups excluding carboxylic acids is 7. The maximum atomic E-state index is 15.8. The van der Waals surface area contributed by atoms with Crippen molar-refractivity contribution in [2.45, 2.75) is 141 Å². The molecule has 0 radical (unpaired) electrons.